The van der Waals surface area contributed by atoms with Crippen molar-refractivity contribution in [1.82, 2.24) is 10.6 Å². The lowest BCUT2D eigenvalue weighted by Crippen LogP contribution is -2.47. The third-order valence-electron chi connectivity index (χ3n) is 4.76. The van der Waals surface area contributed by atoms with Gasteiger partial charge in [-0.25, -0.2) is 4.39 Å². The third kappa shape index (κ3) is 3.43. The van der Waals surface area contributed by atoms with Crippen LogP contribution in [0.4, 0.5) is 4.39 Å². The summed E-state index contributed by atoms with van der Waals surface area (Å²) in [5, 5.41) is 16.6. The first kappa shape index (κ1) is 14.2. The van der Waals surface area contributed by atoms with Crippen molar-refractivity contribution in [2.75, 3.05) is 19.6 Å². The minimum absolute atomic E-state index is 0.168. The zero-order chi connectivity index (χ0) is 13.1. The number of hydrogen-bond acceptors (Lipinski definition) is 3. The van der Waals surface area contributed by atoms with E-state index in [1.807, 2.05) is 6.92 Å². The molecule has 2 heterocycles. The molecule has 106 valence electrons. The number of alkyl halides is 1. The molecule has 6 atom stereocenters. The molecular formula is C14H27FN2O. The van der Waals surface area contributed by atoms with Crippen LogP contribution in [0.15, 0.2) is 0 Å². The minimum atomic E-state index is -0.693. The van der Waals surface area contributed by atoms with Crippen LogP contribution in [0.2, 0.25) is 0 Å². The van der Waals surface area contributed by atoms with Gasteiger partial charge in [-0.15, -0.1) is 0 Å². The van der Waals surface area contributed by atoms with Crippen molar-refractivity contribution in [3.05, 3.63) is 0 Å². The molecule has 0 radical (unpaired) electrons. The first-order chi connectivity index (χ1) is 8.58. The Hall–Kier alpha value is -0.190. The van der Waals surface area contributed by atoms with Crippen LogP contribution in [0.25, 0.3) is 0 Å². The van der Waals surface area contributed by atoms with Gasteiger partial charge in [-0.2, -0.15) is 0 Å². The van der Waals surface area contributed by atoms with Crippen LogP contribution in [0, 0.1) is 17.8 Å². The molecule has 3 nitrogen and oxygen atoms in total. The fourth-order valence-electron chi connectivity index (χ4n) is 3.49. The van der Waals surface area contributed by atoms with Gasteiger partial charge in [-0.1, -0.05) is 13.8 Å². The second-order valence-corrected chi connectivity index (χ2v) is 6.27. The van der Waals surface area contributed by atoms with Crippen LogP contribution in [0.1, 0.15) is 33.1 Å². The predicted molar refractivity (Wildman–Crippen MR) is 71.2 cm³/mol. The van der Waals surface area contributed by atoms with Crippen molar-refractivity contribution < 1.29 is 9.50 Å². The summed E-state index contributed by atoms with van der Waals surface area (Å²) in [6.07, 6.45) is 2.12. The third-order valence-corrected chi connectivity index (χ3v) is 4.76. The molecule has 0 aromatic carbocycles. The standard InChI is InChI=1S/C14H27FN2O/c1-9(12-3-4-16-8-14(12)18)5-11-6-10(2)13(15)7-17-11/h9-14,16-18H,3-8H2,1-2H3. The molecule has 0 aromatic heterocycles. The van der Waals surface area contributed by atoms with Gasteiger partial charge in [-0.3, -0.25) is 0 Å². The van der Waals surface area contributed by atoms with E-state index in [1.165, 1.54) is 0 Å². The number of β-amino-alcohol motifs (C(OH)–C–C–N with tert-alkyl or cyclic N) is 1. The van der Waals surface area contributed by atoms with Crippen LogP contribution >= 0.6 is 0 Å². The molecule has 0 saturated carbocycles. The zero-order valence-electron chi connectivity index (χ0n) is 11.5. The van der Waals surface area contributed by atoms with Gasteiger partial charge >= 0.3 is 0 Å². The van der Waals surface area contributed by atoms with Crippen molar-refractivity contribution >= 4 is 0 Å². The molecule has 3 N–H and O–H groups in total. The van der Waals surface area contributed by atoms with E-state index in [1.54, 1.807) is 0 Å². The van der Waals surface area contributed by atoms with Crippen molar-refractivity contribution in [2.24, 2.45) is 17.8 Å². The molecule has 2 saturated heterocycles. The molecule has 0 aromatic rings. The van der Waals surface area contributed by atoms with Crippen LogP contribution in [-0.2, 0) is 0 Å². The summed E-state index contributed by atoms with van der Waals surface area (Å²) in [6, 6.07) is 0.420. The fraction of sp³-hybridized carbons (Fsp3) is 1.00. The Bertz CT molecular complexity index is 264. The van der Waals surface area contributed by atoms with Crippen LogP contribution in [0.5, 0.6) is 0 Å². The maximum Gasteiger partial charge on any atom is 0.115 e. The van der Waals surface area contributed by atoms with E-state index in [9.17, 15) is 9.50 Å². The Morgan fingerprint density at radius 2 is 2.17 bits per heavy atom. The zero-order valence-corrected chi connectivity index (χ0v) is 11.5. The average molecular weight is 258 g/mol. The van der Waals surface area contributed by atoms with Crippen molar-refractivity contribution in [3.8, 4) is 0 Å². The SMILES string of the molecule is CC1CC(CC(C)C2CCNCC2O)NCC1F. The Morgan fingerprint density at radius 3 is 2.83 bits per heavy atom. The van der Waals surface area contributed by atoms with E-state index in [4.69, 9.17) is 0 Å². The number of piperidine rings is 2. The van der Waals surface area contributed by atoms with Crippen LogP contribution in [-0.4, -0.2) is 43.1 Å². The molecule has 18 heavy (non-hydrogen) atoms. The summed E-state index contributed by atoms with van der Waals surface area (Å²) in [6.45, 7) is 6.45. The smallest absolute Gasteiger partial charge is 0.115 e. The van der Waals surface area contributed by atoms with Crippen molar-refractivity contribution in [3.63, 3.8) is 0 Å². The van der Waals surface area contributed by atoms with Crippen LogP contribution < -0.4 is 10.6 Å². The lowest BCUT2D eigenvalue weighted by Gasteiger charge is -2.37. The Morgan fingerprint density at radius 1 is 1.39 bits per heavy atom. The van der Waals surface area contributed by atoms with Gasteiger partial charge in [-0.05, 0) is 43.6 Å². The quantitative estimate of drug-likeness (QED) is 0.715. The summed E-state index contributed by atoms with van der Waals surface area (Å²) >= 11 is 0. The maximum absolute atomic E-state index is 13.4. The molecule has 2 aliphatic rings. The number of aliphatic hydroxyl groups is 1. The lowest BCUT2D eigenvalue weighted by molar-refractivity contribution is 0.0429. The maximum atomic E-state index is 13.4. The lowest BCUT2D eigenvalue weighted by atomic mass is 9.78. The number of hydrogen-bond donors (Lipinski definition) is 3. The molecule has 0 bridgehead atoms. The second kappa shape index (κ2) is 6.31. The molecule has 2 rings (SSSR count). The van der Waals surface area contributed by atoms with Gasteiger partial charge in [0.25, 0.3) is 0 Å². The summed E-state index contributed by atoms with van der Waals surface area (Å²) in [7, 11) is 0. The summed E-state index contributed by atoms with van der Waals surface area (Å²) in [5.41, 5.74) is 0. The summed E-state index contributed by atoms with van der Waals surface area (Å²) < 4.78 is 13.4. The molecule has 6 unspecified atom stereocenters. The van der Waals surface area contributed by atoms with Gasteiger partial charge in [0.1, 0.15) is 6.17 Å². The molecule has 2 aliphatic heterocycles. The fourth-order valence-corrected chi connectivity index (χ4v) is 3.49. The molecule has 4 heteroatoms. The number of halogens is 1. The van der Waals surface area contributed by atoms with Gasteiger partial charge in [0.2, 0.25) is 0 Å². The minimum Gasteiger partial charge on any atom is -0.392 e. The largest absolute Gasteiger partial charge is 0.392 e. The first-order valence-electron chi connectivity index (χ1n) is 7.34. The highest BCUT2D eigenvalue weighted by molar-refractivity contribution is 4.87. The highest BCUT2D eigenvalue weighted by Crippen LogP contribution is 2.29. The molecular weight excluding hydrogens is 231 g/mol. The molecule has 0 aliphatic carbocycles. The van der Waals surface area contributed by atoms with Crippen molar-refractivity contribution in [2.45, 2.75) is 51.4 Å². The topological polar surface area (TPSA) is 44.3 Å². The van der Waals surface area contributed by atoms with E-state index >= 15 is 0 Å². The van der Waals surface area contributed by atoms with E-state index in [-0.39, 0.29) is 12.0 Å². The number of nitrogens with one attached hydrogen (secondary N) is 2. The van der Waals surface area contributed by atoms with E-state index in [0.717, 1.165) is 32.4 Å². The summed E-state index contributed by atoms with van der Waals surface area (Å²) in [4.78, 5) is 0. The average Bonchev–Trinajstić information content (AvgIpc) is 2.34. The van der Waals surface area contributed by atoms with Gasteiger partial charge in [0.15, 0.2) is 0 Å². The Balaban J connectivity index is 1.81. The summed E-state index contributed by atoms with van der Waals surface area (Å²) in [5.74, 6) is 1.07. The van der Waals surface area contributed by atoms with Gasteiger partial charge in [0.05, 0.1) is 6.10 Å². The highest BCUT2D eigenvalue weighted by Gasteiger charge is 2.32. The predicted octanol–water partition coefficient (Wildman–Crippen LogP) is 1.32. The van der Waals surface area contributed by atoms with Gasteiger partial charge in [0, 0.05) is 19.1 Å². The molecule has 0 spiro atoms. The Kier molecular flexibility index (Phi) is 4.98. The second-order valence-electron chi connectivity index (χ2n) is 6.27. The van der Waals surface area contributed by atoms with Gasteiger partial charge < -0.3 is 15.7 Å². The number of rotatable bonds is 3. The van der Waals surface area contributed by atoms with E-state index < -0.39 is 6.17 Å². The highest BCUT2D eigenvalue weighted by atomic mass is 19.1. The normalized spacial score (nSPS) is 43.7. The number of aliphatic hydroxyl groups excluding tert-OH is 1. The molecule has 0 amide bonds. The molecule has 2 fully saturated rings. The van der Waals surface area contributed by atoms with E-state index in [2.05, 4.69) is 17.6 Å². The van der Waals surface area contributed by atoms with Crippen molar-refractivity contribution in [1.29, 1.82) is 0 Å². The van der Waals surface area contributed by atoms with E-state index in [0.29, 0.717) is 24.4 Å². The monoisotopic (exact) mass is 258 g/mol. The first-order valence-corrected chi connectivity index (χ1v) is 7.34. The Labute approximate surface area is 110 Å². The van der Waals surface area contributed by atoms with Crippen LogP contribution in [0.3, 0.4) is 0 Å².